The van der Waals surface area contributed by atoms with Gasteiger partial charge in [-0.15, -0.1) is 0 Å². The maximum atomic E-state index is 13.5. The molecule has 1 heterocycles. The van der Waals surface area contributed by atoms with Crippen molar-refractivity contribution >= 4 is 11.6 Å². The van der Waals surface area contributed by atoms with Crippen LogP contribution in [0.25, 0.3) is 0 Å². The number of carbonyl (C=O) groups excluding carboxylic acids is 1. The second-order valence-electron chi connectivity index (χ2n) is 7.79. The van der Waals surface area contributed by atoms with Crippen molar-refractivity contribution in [3.8, 4) is 11.5 Å². The van der Waals surface area contributed by atoms with Crippen molar-refractivity contribution in [2.24, 2.45) is 5.41 Å². The Labute approximate surface area is 189 Å². The molecule has 0 unspecified atom stereocenters. The summed E-state index contributed by atoms with van der Waals surface area (Å²) in [5.41, 5.74) is -1.33. The summed E-state index contributed by atoms with van der Waals surface area (Å²) in [6.07, 6.45) is -5.31. The zero-order chi connectivity index (χ0) is 24.1. The predicted molar refractivity (Wildman–Crippen MR) is 113 cm³/mol. The molecule has 10 heteroatoms. The lowest BCUT2D eigenvalue weighted by atomic mass is 9.90. The summed E-state index contributed by atoms with van der Waals surface area (Å²) >= 11 is 0. The lowest BCUT2D eigenvalue weighted by molar-refractivity contribution is -0.226. The van der Waals surface area contributed by atoms with Crippen LogP contribution in [0.4, 0.5) is 18.9 Å². The molecule has 0 bridgehead atoms. The van der Waals surface area contributed by atoms with Crippen molar-refractivity contribution in [2.45, 2.75) is 19.4 Å². The number of halogens is 3. The number of nitrogens with one attached hydrogen (secondary N) is 1. The molecule has 0 atom stereocenters. The van der Waals surface area contributed by atoms with E-state index in [0.29, 0.717) is 5.75 Å². The van der Waals surface area contributed by atoms with E-state index in [1.54, 1.807) is 38.3 Å². The maximum absolute atomic E-state index is 13.5. The average Bonchev–Trinajstić information content (AvgIpc) is 2.80. The molecule has 0 aromatic heterocycles. The second-order valence-corrected chi connectivity index (χ2v) is 7.79. The van der Waals surface area contributed by atoms with Crippen LogP contribution in [0.15, 0.2) is 42.5 Å². The van der Waals surface area contributed by atoms with E-state index in [4.69, 9.17) is 23.7 Å². The molecule has 2 aromatic carbocycles. The first-order valence-corrected chi connectivity index (χ1v) is 10.2. The first kappa shape index (κ1) is 24.8. The Balaban J connectivity index is 1.66. The average molecular weight is 469 g/mol. The molecule has 33 heavy (non-hydrogen) atoms. The maximum Gasteiger partial charge on any atom is 0.420 e. The molecule has 1 N–H and O–H groups in total. The van der Waals surface area contributed by atoms with Crippen LogP contribution in [0.3, 0.4) is 0 Å². The monoisotopic (exact) mass is 469 g/mol. The number of rotatable bonds is 8. The summed E-state index contributed by atoms with van der Waals surface area (Å²) in [4.78, 5) is 12.9. The minimum Gasteiger partial charge on any atom is -0.497 e. The van der Waals surface area contributed by atoms with Gasteiger partial charge in [0.2, 0.25) is 5.91 Å². The first-order valence-electron chi connectivity index (χ1n) is 10.2. The van der Waals surface area contributed by atoms with Crippen LogP contribution in [-0.2, 0) is 25.2 Å². The van der Waals surface area contributed by atoms with E-state index in [2.05, 4.69) is 5.32 Å². The number of alkyl halides is 3. The highest BCUT2D eigenvalue weighted by Gasteiger charge is 2.40. The minimum atomic E-state index is -4.66. The molecule has 0 saturated carbocycles. The predicted octanol–water partition coefficient (Wildman–Crippen LogP) is 4.43. The van der Waals surface area contributed by atoms with Gasteiger partial charge in [0.05, 0.1) is 37.9 Å². The Morgan fingerprint density at radius 1 is 1.09 bits per heavy atom. The topological polar surface area (TPSA) is 75.3 Å². The molecule has 0 aliphatic carbocycles. The van der Waals surface area contributed by atoms with Crippen molar-refractivity contribution in [3.05, 3.63) is 53.6 Å². The number of hydrogen-bond donors (Lipinski definition) is 1. The van der Waals surface area contributed by atoms with Gasteiger partial charge in [0.15, 0.2) is 6.29 Å². The molecule has 1 aliphatic heterocycles. The van der Waals surface area contributed by atoms with Crippen LogP contribution in [0.1, 0.15) is 24.3 Å². The Bertz CT molecular complexity index is 940. The summed E-state index contributed by atoms with van der Waals surface area (Å²) in [6.45, 7) is 1.79. The van der Waals surface area contributed by atoms with E-state index < -0.39 is 29.4 Å². The normalized spacial score (nSPS) is 20.8. The van der Waals surface area contributed by atoms with Gasteiger partial charge in [-0.25, -0.2) is 0 Å². The van der Waals surface area contributed by atoms with Crippen LogP contribution in [0, 0.1) is 5.41 Å². The van der Waals surface area contributed by atoms with E-state index in [1.165, 1.54) is 19.2 Å². The van der Waals surface area contributed by atoms with E-state index >= 15 is 0 Å². The van der Waals surface area contributed by atoms with E-state index in [0.717, 1.165) is 11.6 Å². The fraction of sp³-hybridized carbons (Fsp3) is 0.435. The third kappa shape index (κ3) is 6.16. The molecule has 0 radical (unpaired) electrons. The molecule has 1 fully saturated rings. The fourth-order valence-electron chi connectivity index (χ4n) is 3.17. The number of carbonyl (C=O) groups is 1. The Morgan fingerprint density at radius 3 is 2.33 bits per heavy atom. The van der Waals surface area contributed by atoms with Crippen LogP contribution >= 0.6 is 0 Å². The van der Waals surface area contributed by atoms with Crippen LogP contribution < -0.4 is 14.8 Å². The summed E-state index contributed by atoms with van der Waals surface area (Å²) in [6, 6.07) is 10.5. The molecule has 3 rings (SSSR count). The van der Waals surface area contributed by atoms with Crippen LogP contribution in [-0.4, -0.2) is 46.6 Å². The largest absolute Gasteiger partial charge is 0.497 e. The molecule has 1 aliphatic rings. The van der Waals surface area contributed by atoms with Gasteiger partial charge >= 0.3 is 6.18 Å². The highest BCUT2D eigenvalue weighted by atomic mass is 19.4. The van der Waals surface area contributed by atoms with Gasteiger partial charge < -0.3 is 29.0 Å². The minimum absolute atomic E-state index is 0.00933. The quantitative estimate of drug-likeness (QED) is 0.577. The molecule has 1 amide bonds. The van der Waals surface area contributed by atoms with Gasteiger partial charge in [-0.05, 0) is 37.3 Å². The van der Waals surface area contributed by atoms with Crippen molar-refractivity contribution < 1.29 is 41.7 Å². The van der Waals surface area contributed by atoms with Crippen molar-refractivity contribution in [3.63, 3.8) is 0 Å². The third-order valence-electron chi connectivity index (χ3n) is 5.13. The summed E-state index contributed by atoms with van der Waals surface area (Å²) in [7, 11) is 2.98. The highest BCUT2D eigenvalue weighted by molar-refractivity contribution is 5.95. The summed E-state index contributed by atoms with van der Waals surface area (Å²) in [5, 5.41) is 2.53. The van der Waals surface area contributed by atoms with Crippen LogP contribution in [0.5, 0.6) is 11.5 Å². The van der Waals surface area contributed by atoms with Gasteiger partial charge in [0.25, 0.3) is 0 Å². The highest BCUT2D eigenvalue weighted by Crippen LogP contribution is 2.39. The Morgan fingerprint density at radius 2 is 1.76 bits per heavy atom. The zero-order valence-electron chi connectivity index (χ0n) is 18.5. The summed E-state index contributed by atoms with van der Waals surface area (Å²) in [5.74, 6) is -0.167. The van der Waals surface area contributed by atoms with E-state index in [1.807, 2.05) is 0 Å². The Hall–Kier alpha value is -2.82. The number of methoxy groups -OCH3 is 2. The van der Waals surface area contributed by atoms with Gasteiger partial charge in [0.1, 0.15) is 18.1 Å². The fourth-order valence-corrected chi connectivity index (χ4v) is 3.17. The van der Waals surface area contributed by atoms with Crippen molar-refractivity contribution in [1.29, 1.82) is 0 Å². The molecular formula is C23H26F3NO6. The standard InChI is InChI=1S/C23H26F3NO6/c1-22(13-32-20(33-14-22)15-4-7-17(30-3)8-5-15)21(28)27-16-6-9-19(31-11-10-29-2)18(12-16)23(24,25)26/h4-9,12,20H,10-11,13-14H2,1-3H3,(H,27,28). The lowest BCUT2D eigenvalue weighted by Gasteiger charge is -2.36. The molecule has 2 aromatic rings. The van der Waals surface area contributed by atoms with Gasteiger partial charge in [-0.1, -0.05) is 12.1 Å². The number of ether oxygens (including phenoxy) is 5. The number of hydrogen-bond acceptors (Lipinski definition) is 6. The number of benzene rings is 2. The number of anilines is 1. The van der Waals surface area contributed by atoms with Crippen LogP contribution in [0.2, 0.25) is 0 Å². The van der Waals surface area contributed by atoms with E-state index in [-0.39, 0.29) is 37.9 Å². The van der Waals surface area contributed by atoms with Gasteiger partial charge in [0, 0.05) is 18.4 Å². The smallest absolute Gasteiger partial charge is 0.420 e. The molecule has 1 saturated heterocycles. The Kier molecular flexibility index (Phi) is 7.83. The number of amides is 1. The second kappa shape index (κ2) is 10.4. The third-order valence-corrected chi connectivity index (χ3v) is 5.13. The lowest BCUT2D eigenvalue weighted by Crippen LogP contribution is -2.45. The molecule has 180 valence electrons. The van der Waals surface area contributed by atoms with Gasteiger partial charge in [-0.3, -0.25) is 4.79 Å². The van der Waals surface area contributed by atoms with Crippen molar-refractivity contribution in [1.82, 2.24) is 0 Å². The van der Waals surface area contributed by atoms with Gasteiger partial charge in [-0.2, -0.15) is 13.2 Å². The molecule has 0 spiro atoms. The zero-order valence-corrected chi connectivity index (χ0v) is 18.5. The first-order chi connectivity index (χ1) is 15.7. The van der Waals surface area contributed by atoms with E-state index in [9.17, 15) is 18.0 Å². The van der Waals surface area contributed by atoms with Crippen molar-refractivity contribution in [2.75, 3.05) is 46.0 Å². The summed E-state index contributed by atoms with van der Waals surface area (Å²) < 4.78 is 67.0. The SMILES string of the molecule is COCCOc1ccc(NC(=O)C2(C)COC(c3ccc(OC)cc3)OC2)cc1C(F)(F)F. The molecule has 7 nitrogen and oxygen atoms in total. The molecular weight excluding hydrogens is 443 g/mol.